The van der Waals surface area contributed by atoms with E-state index >= 15 is 0 Å². The van der Waals surface area contributed by atoms with Crippen LogP contribution in [0.3, 0.4) is 0 Å². The van der Waals surface area contributed by atoms with E-state index in [0.29, 0.717) is 11.3 Å². The molecule has 1 atom stereocenters. The van der Waals surface area contributed by atoms with E-state index in [1.807, 2.05) is 43.3 Å². The van der Waals surface area contributed by atoms with Crippen LogP contribution < -0.4 is 9.64 Å². The van der Waals surface area contributed by atoms with Gasteiger partial charge in [-0.3, -0.25) is 14.6 Å². The number of likely N-dealkylation sites (tertiary alicyclic amines) is 1. The molecule has 0 bridgehead atoms. The van der Waals surface area contributed by atoms with E-state index in [4.69, 9.17) is 4.74 Å². The standard InChI is InChI=1S/C29H31N3O4/c1-5-31(6-2)22-9-7-21(8-10-22)26-25(27(33)24-12-11-23(36-4)17-19(24)3)28(34)29(35)32(26)18-20-13-15-30-16-14-20/h7-17,26,33H,5-6,18H2,1-4H3/b27-25-. The summed E-state index contributed by atoms with van der Waals surface area (Å²) in [4.78, 5) is 34.4. The van der Waals surface area contributed by atoms with Crippen molar-refractivity contribution in [1.29, 1.82) is 0 Å². The summed E-state index contributed by atoms with van der Waals surface area (Å²) in [6.07, 6.45) is 3.31. The second kappa shape index (κ2) is 10.6. The number of nitrogens with zero attached hydrogens (tertiary/aromatic N) is 3. The van der Waals surface area contributed by atoms with Crippen LogP contribution in [0.1, 0.15) is 42.1 Å². The Bertz CT molecular complexity index is 1280. The first kappa shape index (κ1) is 25.0. The number of amides is 1. The molecular formula is C29H31N3O4. The number of aryl methyl sites for hydroxylation is 1. The lowest BCUT2D eigenvalue weighted by molar-refractivity contribution is -0.140. The van der Waals surface area contributed by atoms with Crippen LogP contribution in [0.2, 0.25) is 0 Å². The molecule has 3 aromatic rings. The molecule has 1 aromatic heterocycles. The highest BCUT2D eigenvalue weighted by Gasteiger charge is 2.46. The SMILES string of the molecule is CCN(CC)c1ccc(C2/C(=C(/O)c3ccc(OC)cc3C)C(=O)C(=O)N2Cc2ccncc2)cc1. The Morgan fingerprint density at radius 2 is 1.69 bits per heavy atom. The van der Waals surface area contributed by atoms with Gasteiger partial charge in [0.05, 0.1) is 18.7 Å². The molecule has 1 unspecified atom stereocenters. The molecule has 0 aliphatic carbocycles. The summed E-state index contributed by atoms with van der Waals surface area (Å²) in [5, 5.41) is 11.4. The molecule has 0 spiro atoms. The number of hydrogen-bond donors (Lipinski definition) is 1. The van der Waals surface area contributed by atoms with Crippen LogP contribution in [-0.2, 0) is 16.1 Å². The van der Waals surface area contributed by atoms with E-state index in [0.717, 1.165) is 35.5 Å². The molecule has 1 aliphatic rings. The molecule has 7 nitrogen and oxygen atoms in total. The van der Waals surface area contributed by atoms with Gasteiger partial charge in [-0.1, -0.05) is 12.1 Å². The van der Waals surface area contributed by atoms with Gasteiger partial charge in [0, 0.05) is 43.3 Å². The van der Waals surface area contributed by atoms with E-state index in [1.54, 1.807) is 37.7 Å². The predicted octanol–water partition coefficient (Wildman–Crippen LogP) is 4.87. The van der Waals surface area contributed by atoms with Gasteiger partial charge in [-0.15, -0.1) is 0 Å². The summed E-state index contributed by atoms with van der Waals surface area (Å²) >= 11 is 0. The van der Waals surface area contributed by atoms with Gasteiger partial charge in [-0.2, -0.15) is 0 Å². The molecule has 2 heterocycles. The zero-order valence-electron chi connectivity index (χ0n) is 21.1. The molecule has 186 valence electrons. The Balaban J connectivity index is 1.85. The minimum Gasteiger partial charge on any atom is -0.507 e. The van der Waals surface area contributed by atoms with Crippen LogP contribution >= 0.6 is 0 Å². The highest BCUT2D eigenvalue weighted by atomic mass is 16.5. The number of carbonyl (C=O) groups is 2. The van der Waals surface area contributed by atoms with E-state index < -0.39 is 17.7 Å². The fourth-order valence-corrected chi connectivity index (χ4v) is 4.70. The molecule has 4 rings (SSSR count). The molecule has 0 saturated carbocycles. The third-order valence-electron chi connectivity index (χ3n) is 6.67. The first-order valence-electron chi connectivity index (χ1n) is 12.1. The fourth-order valence-electron chi connectivity index (χ4n) is 4.70. The van der Waals surface area contributed by atoms with Crippen molar-refractivity contribution in [2.24, 2.45) is 0 Å². The second-order valence-electron chi connectivity index (χ2n) is 8.73. The predicted molar refractivity (Wildman–Crippen MR) is 140 cm³/mol. The van der Waals surface area contributed by atoms with Crippen molar-refractivity contribution in [3.8, 4) is 5.75 Å². The number of rotatable bonds is 8. The maximum Gasteiger partial charge on any atom is 0.295 e. The number of hydrogen-bond acceptors (Lipinski definition) is 6. The Labute approximate surface area is 211 Å². The minimum atomic E-state index is -0.731. The normalized spacial score (nSPS) is 16.9. The average molecular weight is 486 g/mol. The summed E-state index contributed by atoms with van der Waals surface area (Å²) in [5.41, 5.74) is 3.97. The second-order valence-corrected chi connectivity index (χ2v) is 8.73. The summed E-state index contributed by atoms with van der Waals surface area (Å²) in [7, 11) is 1.57. The van der Waals surface area contributed by atoms with Crippen molar-refractivity contribution in [2.75, 3.05) is 25.1 Å². The van der Waals surface area contributed by atoms with E-state index in [-0.39, 0.29) is 17.9 Å². The number of aliphatic hydroxyl groups is 1. The molecule has 0 radical (unpaired) electrons. The summed E-state index contributed by atoms with van der Waals surface area (Å²) in [6.45, 7) is 7.98. The molecule has 1 aliphatic heterocycles. The average Bonchev–Trinajstić information content (AvgIpc) is 3.15. The Morgan fingerprint density at radius 3 is 2.28 bits per heavy atom. The summed E-state index contributed by atoms with van der Waals surface area (Å²) in [5.74, 6) is -0.888. The third-order valence-corrected chi connectivity index (χ3v) is 6.67. The monoisotopic (exact) mass is 485 g/mol. The summed E-state index contributed by atoms with van der Waals surface area (Å²) < 4.78 is 5.28. The number of methoxy groups -OCH3 is 1. The van der Waals surface area contributed by atoms with Crippen LogP contribution in [0.5, 0.6) is 5.75 Å². The zero-order valence-corrected chi connectivity index (χ0v) is 21.1. The van der Waals surface area contributed by atoms with Crippen LogP contribution in [0.15, 0.2) is 72.6 Å². The fraction of sp³-hybridized carbons (Fsp3) is 0.276. The van der Waals surface area contributed by atoms with Crippen LogP contribution in [0.4, 0.5) is 5.69 Å². The largest absolute Gasteiger partial charge is 0.507 e. The number of ketones is 1. The number of aliphatic hydroxyl groups excluding tert-OH is 1. The van der Waals surface area contributed by atoms with Crippen molar-refractivity contribution in [1.82, 2.24) is 9.88 Å². The molecule has 7 heteroatoms. The molecule has 2 aromatic carbocycles. The van der Waals surface area contributed by atoms with E-state index in [9.17, 15) is 14.7 Å². The van der Waals surface area contributed by atoms with E-state index in [1.165, 1.54) is 4.90 Å². The lowest BCUT2D eigenvalue weighted by Gasteiger charge is -2.27. The maximum atomic E-state index is 13.4. The smallest absolute Gasteiger partial charge is 0.295 e. The highest BCUT2D eigenvalue weighted by Crippen LogP contribution is 2.41. The van der Waals surface area contributed by atoms with Gasteiger partial charge in [0.1, 0.15) is 11.5 Å². The molecular weight excluding hydrogens is 454 g/mol. The molecule has 1 saturated heterocycles. The lowest BCUT2D eigenvalue weighted by atomic mass is 9.93. The number of anilines is 1. The number of Topliss-reactive ketones (excluding diaryl/α,β-unsaturated/α-hetero) is 1. The first-order valence-corrected chi connectivity index (χ1v) is 12.1. The Hall–Kier alpha value is -4.13. The van der Waals surface area contributed by atoms with Gasteiger partial charge < -0.3 is 19.6 Å². The van der Waals surface area contributed by atoms with Gasteiger partial charge in [0.25, 0.3) is 11.7 Å². The van der Waals surface area contributed by atoms with Crippen molar-refractivity contribution >= 4 is 23.1 Å². The zero-order chi connectivity index (χ0) is 25.8. The third kappa shape index (κ3) is 4.69. The van der Waals surface area contributed by atoms with Crippen molar-refractivity contribution in [2.45, 2.75) is 33.4 Å². The first-order chi connectivity index (χ1) is 17.4. The van der Waals surface area contributed by atoms with Gasteiger partial charge in [-0.25, -0.2) is 0 Å². The number of aromatic nitrogens is 1. The van der Waals surface area contributed by atoms with Crippen LogP contribution in [-0.4, -0.2) is 46.9 Å². The van der Waals surface area contributed by atoms with E-state index in [2.05, 4.69) is 23.7 Å². The van der Waals surface area contributed by atoms with Gasteiger partial charge in [0.2, 0.25) is 0 Å². The molecule has 1 fully saturated rings. The number of benzene rings is 2. The minimum absolute atomic E-state index is 0.0814. The Kier molecular flexibility index (Phi) is 7.38. The topological polar surface area (TPSA) is 83.0 Å². The van der Waals surface area contributed by atoms with Crippen molar-refractivity contribution in [3.05, 3.63) is 94.8 Å². The molecule has 1 amide bonds. The maximum absolute atomic E-state index is 13.4. The van der Waals surface area contributed by atoms with Gasteiger partial charge >= 0.3 is 0 Å². The quantitative estimate of drug-likeness (QED) is 0.279. The van der Waals surface area contributed by atoms with Gasteiger partial charge in [-0.05, 0) is 79.9 Å². The Morgan fingerprint density at radius 1 is 1.03 bits per heavy atom. The highest BCUT2D eigenvalue weighted by molar-refractivity contribution is 6.46. The molecule has 36 heavy (non-hydrogen) atoms. The van der Waals surface area contributed by atoms with Crippen molar-refractivity contribution in [3.63, 3.8) is 0 Å². The number of pyridine rings is 1. The number of carbonyl (C=O) groups excluding carboxylic acids is 2. The van der Waals surface area contributed by atoms with Gasteiger partial charge in [0.15, 0.2) is 0 Å². The number of ether oxygens (including phenoxy) is 1. The van der Waals surface area contributed by atoms with Crippen LogP contribution in [0.25, 0.3) is 5.76 Å². The summed E-state index contributed by atoms with van der Waals surface area (Å²) in [6, 6.07) is 16.0. The lowest BCUT2D eigenvalue weighted by Crippen LogP contribution is -2.29. The molecule has 1 N–H and O–H groups in total. The van der Waals surface area contributed by atoms with Crippen molar-refractivity contribution < 1.29 is 19.4 Å². The van der Waals surface area contributed by atoms with Crippen LogP contribution in [0, 0.1) is 6.92 Å².